The number of carbonyl (C=O) groups excluding carboxylic acids is 1. The molecule has 2 unspecified atom stereocenters. The molecule has 0 saturated heterocycles. The van der Waals surface area contributed by atoms with Crippen LogP contribution < -0.4 is 5.73 Å². The van der Waals surface area contributed by atoms with E-state index in [0.717, 1.165) is 6.42 Å². The SMILES string of the molecule is CCOC(=O)C(CN)(CC(C)CC)c1cccc(F)c1. The van der Waals surface area contributed by atoms with Gasteiger partial charge in [0.15, 0.2) is 0 Å². The highest BCUT2D eigenvalue weighted by Gasteiger charge is 2.41. The summed E-state index contributed by atoms with van der Waals surface area (Å²) in [5, 5.41) is 0. The molecule has 0 aliphatic rings. The molecule has 1 aromatic rings. The predicted octanol–water partition coefficient (Wildman–Crippen LogP) is 3.02. The summed E-state index contributed by atoms with van der Waals surface area (Å²) in [4.78, 5) is 12.4. The third-order valence-electron chi connectivity index (χ3n) is 3.79. The zero-order chi connectivity index (χ0) is 15.2. The van der Waals surface area contributed by atoms with Gasteiger partial charge in [0.2, 0.25) is 0 Å². The fraction of sp³-hybridized carbons (Fsp3) is 0.562. The fourth-order valence-electron chi connectivity index (χ4n) is 2.40. The van der Waals surface area contributed by atoms with E-state index in [1.54, 1.807) is 19.1 Å². The quantitative estimate of drug-likeness (QED) is 0.782. The fourth-order valence-corrected chi connectivity index (χ4v) is 2.40. The van der Waals surface area contributed by atoms with Gasteiger partial charge in [-0.15, -0.1) is 0 Å². The number of halogens is 1. The van der Waals surface area contributed by atoms with Crippen LogP contribution in [0.25, 0.3) is 0 Å². The van der Waals surface area contributed by atoms with Crippen molar-refractivity contribution in [1.82, 2.24) is 0 Å². The summed E-state index contributed by atoms with van der Waals surface area (Å²) >= 11 is 0. The lowest BCUT2D eigenvalue weighted by Crippen LogP contribution is -2.45. The molecule has 2 atom stereocenters. The van der Waals surface area contributed by atoms with Crippen LogP contribution in [-0.4, -0.2) is 19.1 Å². The number of hydrogen-bond donors (Lipinski definition) is 1. The van der Waals surface area contributed by atoms with E-state index < -0.39 is 5.41 Å². The molecule has 0 amide bonds. The maximum Gasteiger partial charge on any atom is 0.317 e. The zero-order valence-corrected chi connectivity index (χ0v) is 12.5. The van der Waals surface area contributed by atoms with Crippen molar-refractivity contribution in [3.63, 3.8) is 0 Å². The first-order valence-electron chi connectivity index (χ1n) is 7.13. The Morgan fingerprint density at radius 1 is 1.45 bits per heavy atom. The molecular weight excluding hydrogens is 257 g/mol. The molecule has 0 heterocycles. The van der Waals surface area contributed by atoms with Crippen molar-refractivity contribution in [3.8, 4) is 0 Å². The van der Waals surface area contributed by atoms with Gasteiger partial charge < -0.3 is 10.5 Å². The number of ether oxygens (including phenoxy) is 1. The molecule has 3 nitrogen and oxygen atoms in total. The molecule has 0 saturated carbocycles. The van der Waals surface area contributed by atoms with Crippen LogP contribution in [0.1, 0.15) is 39.2 Å². The van der Waals surface area contributed by atoms with Gasteiger partial charge in [-0.1, -0.05) is 32.4 Å². The second-order valence-electron chi connectivity index (χ2n) is 5.23. The third kappa shape index (κ3) is 3.57. The summed E-state index contributed by atoms with van der Waals surface area (Å²) in [5.74, 6) is -0.437. The lowest BCUT2D eigenvalue weighted by Gasteiger charge is -2.33. The van der Waals surface area contributed by atoms with Crippen molar-refractivity contribution < 1.29 is 13.9 Å². The van der Waals surface area contributed by atoms with Crippen molar-refractivity contribution in [2.75, 3.05) is 13.2 Å². The number of benzene rings is 1. The van der Waals surface area contributed by atoms with E-state index in [2.05, 4.69) is 13.8 Å². The minimum atomic E-state index is -0.965. The normalized spacial score (nSPS) is 15.4. The molecule has 1 aromatic carbocycles. The highest BCUT2D eigenvalue weighted by Crippen LogP contribution is 2.33. The van der Waals surface area contributed by atoms with Crippen LogP contribution in [0.3, 0.4) is 0 Å². The van der Waals surface area contributed by atoms with Gasteiger partial charge >= 0.3 is 5.97 Å². The van der Waals surface area contributed by atoms with Crippen LogP contribution in [0, 0.1) is 11.7 Å². The predicted molar refractivity (Wildman–Crippen MR) is 77.8 cm³/mol. The van der Waals surface area contributed by atoms with Crippen LogP contribution >= 0.6 is 0 Å². The first-order chi connectivity index (χ1) is 9.50. The number of hydrogen-bond acceptors (Lipinski definition) is 3. The standard InChI is InChI=1S/C16H24FNO2/c1-4-12(3)10-16(11-18,15(19)20-5-2)13-7-6-8-14(17)9-13/h6-9,12H,4-5,10-11,18H2,1-3H3. The maximum atomic E-state index is 13.5. The topological polar surface area (TPSA) is 52.3 Å². The summed E-state index contributed by atoms with van der Waals surface area (Å²) < 4.78 is 18.7. The molecule has 0 fully saturated rings. The highest BCUT2D eigenvalue weighted by atomic mass is 19.1. The Balaban J connectivity index is 3.26. The molecular formula is C16H24FNO2. The monoisotopic (exact) mass is 281 g/mol. The molecule has 4 heteroatoms. The molecule has 1 rings (SSSR count). The molecule has 0 aliphatic heterocycles. The third-order valence-corrected chi connectivity index (χ3v) is 3.79. The molecule has 20 heavy (non-hydrogen) atoms. The van der Waals surface area contributed by atoms with Gasteiger partial charge in [-0.25, -0.2) is 4.39 Å². The number of esters is 1. The van der Waals surface area contributed by atoms with Gasteiger partial charge in [0.25, 0.3) is 0 Å². The molecule has 2 N–H and O–H groups in total. The Morgan fingerprint density at radius 3 is 2.65 bits per heavy atom. The maximum absolute atomic E-state index is 13.5. The van der Waals surface area contributed by atoms with Crippen LogP contribution in [0.2, 0.25) is 0 Å². The van der Waals surface area contributed by atoms with Gasteiger partial charge in [-0.05, 0) is 37.0 Å². The van der Waals surface area contributed by atoms with E-state index >= 15 is 0 Å². The molecule has 112 valence electrons. The molecule has 0 spiro atoms. The largest absolute Gasteiger partial charge is 0.465 e. The van der Waals surface area contributed by atoms with Crippen molar-refractivity contribution >= 4 is 5.97 Å². The lowest BCUT2D eigenvalue weighted by molar-refractivity contribution is -0.150. The van der Waals surface area contributed by atoms with Gasteiger partial charge in [-0.3, -0.25) is 4.79 Å². The molecule has 0 radical (unpaired) electrons. The van der Waals surface area contributed by atoms with Crippen LogP contribution in [0.5, 0.6) is 0 Å². The number of nitrogens with two attached hydrogens (primary N) is 1. The van der Waals surface area contributed by atoms with Gasteiger partial charge in [0.05, 0.1) is 6.61 Å². The van der Waals surface area contributed by atoms with Crippen molar-refractivity contribution in [1.29, 1.82) is 0 Å². The van der Waals surface area contributed by atoms with E-state index in [4.69, 9.17) is 10.5 Å². The molecule has 0 aromatic heterocycles. The van der Waals surface area contributed by atoms with Crippen LogP contribution in [0.4, 0.5) is 4.39 Å². The van der Waals surface area contributed by atoms with Crippen LogP contribution in [0.15, 0.2) is 24.3 Å². The first kappa shape index (κ1) is 16.6. The Kier molecular flexibility index (Phi) is 6.14. The lowest BCUT2D eigenvalue weighted by atomic mass is 9.73. The average molecular weight is 281 g/mol. The van der Waals surface area contributed by atoms with E-state index in [-0.39, 0.29) is 24.9 Å². The van der Waals surface area contributed by atoms with Crippen LogP contribution in [-0.2, 0) is 14.9 Å². The smallest absolute Gasteiger partial charge is 0.317 e. The summed E-state index contributed by atoms with van der Waals surface area (Å²) in [7, 11) is 0. The van der Waals surface area contributed by atoms with Crippen molar-refractivity contribution in [3.05, 3.63) is 35.6 Å². The van der Waals surface area contributed by atoms with Gasteiger partial charge in [-0.2, -0.15) is 0 Å². The Bertz CT molecular complexity index is 450. The molecule has 0 aliphatic carbocycles. The highest BCUT2D eigenvalue weighted by molar-refractivity contribution is 5.83. The number of carbonyl (C=O) groups is 1. The summed E-state index contributed by atoms with van der Waals surface area (Å²) in [6, 6.07) is 6.09. The van der Waals surface area contributed by atoms with E-state index in [0.29, 0.717) is 17.9 Å². The minimum Gasteiger partial charge on any atom is -0.465 e. The number of rotatable bonds is 7. The minimum absolute atomic E-state index is 0.111. The second kappa shape index (κ2) is 7.39. The van der Waals surface area contributed by atoms with Gasteiger partial charge in [0, 0.05) is 6.54 Å². The Labute approximate surface area is 120 Å². The van der Waals surface area contributed by atoms with E-state index in [1.807, 2.05) is 0 Å². The Morgan fingerprint density at radius 2 is 2.15 bits per heavy atom. The summed E-state index contributed by atoms with van der Waals surface area (Å²) in [6.07, 6.45) is 1.48. The first-order valence-corrected chi connectivity index (χ1v) is 7.13. The second-order valence-corrected chi connectivity index (χ2v) is 5.23. The molecule has 0 bridgehead atoms. The zero-order valence-electron chi connectivity index (χ0n) is 12.5. The van der Waals surface area contributed by atoms with Crippen molar-refractivity contribution in [2.45, 2.75) is 39.0 Å². The van der Waals surface area contributed by atoms with Gasteiger partial charge in [0.1, 0.15) is 11.2 Å². The average Bonchev–Trinajstić information content (AvgIpc) is 2.44. The van der Waals surface area contributed by atoms with Crippen molar-refractivity contribution in [2.24, 2.45) is 11.7 Å². The summed E-state index contributed by atoms with van der Waals surface area (Å²) in [5.41, 5.74) is 5.53. The summed E-state index contributed by atoms with van der Waals surface area (Å²) in [6.45, 7) is 6.27. The van der Waals surface area contributed by atoms with E-state index in [1.165, 1.54) is 12.1 Å². The Hall–Kier alpha value is -1.42. The van der Waals surface area contributed by atoms with E-state index in [9.17, 15) is 9.18 Å².